The molecule has 1 atom stereocenters. The Morgan fingerprint density at radius 2 is 1.72 bits per heavy atom. The van der Waals surface area contributed by atoms with Gasteiger partial charge in [0, 0.05) is 43.2 Å². The second kappa shape index (κ2) is 10.1. The molecule has 2 aromatic carbocycles. The Bertz CT molecular complexity index is 1390. The Morgan fingerprint density at radius 1 is 1.00 bits per heavy atom. The summed E-state index contributed by atoms with van der Waals surface area (Å²) < 4.78 is 11.9. The van der Waals surface area contributed by atoms with E-state index in [2.05, 4.69) is 49.3 Å². The molecular formula is C29H34N4O2S. The number of benzene rings is 2. The van der Waals surface area contributed by atoms with Crippen molar-refractivity contribution in [3.8, 4) is 11.5 Å². The highest BCUT2D eigenvalue weighted by atomic mass is 32.2. The lowest BCUT2D eigenvalue weighted by Gasteiger charge is -2.31. The van der Waals surface area contributed by atoms with Crippen LogP contribution < -0.4 is 10.4 Å². The van der Waals surface area contributed by atoms with E-state index in [1.165, 1.54) is 4.90 Å². The van der Waals surface area contributed by atoms with Crippen LogP contribution in [0.5, 0.6) is 11.5 Å². The summed E-state index contributed by atoms with van der Waals surface area (Å²) in [5.41, 5.74) is 2.79. The van der Waals surface area contributed by atoms with Crippen LogP contribution in [0.1, 0.15) is 45.2 Å². The van der Waals surface area contributed by atoms with Gasteiger partial charge >= 0.3 is 5.69 Å². The van der Waals surface area contributed by atoms with Crippen molar-refractivity contribution in [1.29, 1.82) is 0 Å². The van der Waals surface area contributed by atoms with Crippen molar-refractivity contribution in [3.05, 3.63) is 82.9 Å². The van der Waals surface area contributed by atoms with Gasteiger partial charge in [-0.05, 0) is 78.7 Å². The summed E-state index contributed by atoms with van der Waals surface area (Å²) >= 11 is 1.79. The molecule has 6 nitrogen and oxygen atoms in total. The molecule has 0 aliphatic carbocycles. The van der Waals surface area contributed by atoms with E-state index in [9.17, 15) is 4.79 Å². The van der Waals surface area contributed by atoms with Crippen LogP contribution in [0.3, 0.4) is 0 Å². The minimum Gasteiger partial charge on any atom is -0.457 e. The van der Waals surface area contributed by atoms with Gasteiger partial charge < -0.3 is 4.74 Å². The van der Waals surface area contributed by atoms with Gasteiger partial charge in [0.05, 0.1) is 5.52 Å². The smallest absolute Gasteiger partial charge is 0.330 e. The zero-order valence-corrected chi connectivity index (χ0v) is 22.3. The highest BCUT2D eigenvalue weighted by Crippen LogP contribution is 2.34. The van der Waals surface area contributed by atoms with Crippen molar-refractivity contribution >= 4 is 23.1 Å². The molecule has 7 heteroatoms. The average molecular weight is 503 g/mol. The average Bonchev–Trinajstić information content (AvgIpc) is 3.09. The van der Waals surface area contributed by atoms with E-state index in [4.69, 9.17) is 9.72 Å². The number of ether oxygens (including phenoxy) is 1. The van der Waals surface area contributed by atoms with E-state index in [0.29, 0.717) is 12.5 Å². The molecule has 0 bridgehead atoms. The summed E-state index contributed by atoms with van der Waals surface area (Å²) in [5, 5.41) is 0. The fraction of sp³-hybridized carbons (Fsp3) is 0.379. The molecular weight excluding hydrogens is 468 g/mol. The Balaban J connectivity index is 1.28. The maximum absolute atomic E-state index is 12.9. The SMILES string of the molecule is Cn1c(=O)n(CC(C)(C)C)c2ccc(C3CCCN(Sc4ccc(Oc5ccccc5)cc4)C3)nc21. The first kappa shape index (κ1) is 24.7. The maximum atomic E-state index is 12.9. The zero-order valence-electron chi connectivity index (χ0n) is 21.5. The van der Waals surface area contributed by atoms with Crippen LogP contribution in [0.15, 0.2) is 76.4 Å². The normalized spacial score (nSPS) is 16.9. The highest BCUT2D eigenvalue weighted by molar-refractivity contribution is 7.97. The molecule has 3 heterocycles. The zero-order chi connectivity index (χ0) is 25.3. The lowest BCUT2D eigenvalue weighted by atomic mass is 9.95. The van der Waals surface area contributed by atoms with Gasteiger partial charge in [0.2, 0.25) is 0 Å². The molecule has 0 amide bonds. The van der Waals surface area contributed by atoms with Crippen LogP contribution in [-0.2, 0) is 13.6 Å². The van der Waals surface area contributed by atoms with Gasteiger partial charge in [-0.25, -0.2) is 14.1 Å². The number of imidazole rings is 1. The molecule has 0 radical (unpaired) electrons. The van der Waals surface area contributed by atoms with Crippen LogP contribution in [0.25, 0.3) is 11.2 Å². The third-order valence-electron chi connectivity index (χ3n) is 6.47. The van der Waals surface area contributed by atoms with Gasteiger partial charge in [-0.1, -0.05) is 39.0 Å². The first-order valence-corrected chi connectivity index (χ1v) is 13.4. The van der Waals surface area contributed by atoms with Crippen molar-refractivity contribution in [2.45, 2.75) is 51.0 Å². The quantitative estimate of drug-likeness (QED) is 0.283. The van der Waals surface area contributed by atoms with Crippen LogP contribution >= 0.6 is 11.9 Å². The van der Waals surface area contributed by atoms with Crippen molar-refractivity contribution in [3.63, 3.8) is 0 Å². The number of rotatable bonds is 6. The lowest BCUT2D eigenvalue weighted by molar-refractivity contribution is 0.339. The van der Waals surface area contributed by atoms with Gasteiger partial charge in [-0.3, -0.25) is 9.13 Å². The van der Waals surface area contributed by atoms with Crippen molar-refractivity contribution < 1.29 is 4.74 Å². The van der Waals surface area contributed by atoms with Crippen LogP contribution in [0, 0.1) is 5.41 Å². The molecule has 1 saturated heterocycles. The number of hydrogen-bond donors (Lipinski definition) is 0. The first-order chi connectivity index (χ1) is 17.3. The van der Waals surface area contributed by atoms with Gasteiger partial charge in [0.15, 0.2) is 5.65 Å². The topological polar surface area (TPSA) is 52.3 Å². The molecule has 1 aliphatic heterocycles. The molecule has 2 aromatic heterocycles. The molecule has 0 spiro atoms. The number of piperidine rings is 1. The monoisotopic (exact) mass is 502 g/mol. The second-order valence-corrected chi connectivity index (χ2v) is 11.9. The standard InChI is InChI=1S/C29H34N4O2S/c1-29(2,3)20-33-26-17-16-25(30-27(26)31(4)28(33)34)21-9-8-18-32(19-21)36-24-14-12-23(13-15-24)35-22-10-6-5-7-11-22/h5-7,10-17,21H,8-9,18-20H2,1-4H3. The summed E-state index contributed by atoms with van der Waals surface area (Å²) in [5.74, 6) is 2.02. The van der Waals surface area contributed by atoms with Crippen LogP contribution in [0.2, 0.25) is 0 Å². The summed E-state index contributed by atoms with van der Waals surface area (Å²) in [7, 11) is 1.83. The summed E-state index contributed by atoms with van der Waals surface area (Å²) in [4.78, 5) is 19.1. The number of para-hydroxylation sites is 1. The van der Waals surface area contributed by atoms with E-state index in [1.807, 2.05) is 54.1 Å². The predicted octanol–water partition coefficient (Wildman–Crippen LogP) is 6.46. The molecule has 1 unspecified atom stereocenters. The molecule has 1 fully saturated rings. The summed E-state index contributed by atoms with van der Waals surface area (Å²) in [6.07, 6.45) is 2.23. The van der Waals surface area contributed by atoms with Crippen LogP contribution in [-0.4, -0.2) is 31.5 Å². The first-order valence-electron chi connectivity index (χ1n) is 12.6. The van der Waals surface area contributed by atoms with Gasteiger partial charge in [-0.2, -0.15) is 0 Å². The molecule has 5 rings (SSSR count). The second-order valence-electron chi connectivity index (χ2n) is 10.8. The predicted molar refractivity (Wildman–Crippen MR) is 147 cm³/mol. The Labute approximate surface area is 217 Å². The number of aryl methyl sites for hydroxylation is 1. The Morgan fingerprint density at radius 3 is 2.44 bits per heavy atom. The van der Waals surface area contributed by atoms with Crippen molar-refractivity contribution in [1.82, 2.24) is 18.4 Å². The van der Waals surface area contributed by atoms with E-state index in [-0.39, 0.29) is 11.1 Å². The number of aromatic nitrogens is 3. The largest absolute Gasteiger partial charge is 0.457 e. The number of nitrogens with zero attached hydrogens (tertiary/aromatic N) is 4. The fourth-order valence-corrected chi connectivity index (χ4v) is 5.78. The molecule has 0 N–H and O–H groups in total. The van der Waals surface area contributed by atoms with E-state index >= 15 is 0 Å². The minimum absolute atomic E-state index is 0.00471. The van der Waals surface area contributed by atoms with Crippen molar-refractivity contribution in [2.75, 3.05) is 13.1 Å². The number of pyridine rings is 1. The van der Waals surface area contributed by atoms with E-state index < -0.39 is 0 Å². The molecule has 36 heavy (non-hydrogen) atoms. The number of hydrogen-bond acceptors (Lipinski definition) is 5. The fourth-order valence-electron chi connectivity index (χ4n) is 4.75. The molecule has 188 valence electrons. The molecule has 0 saturated carbocycles. The Kier molecular flexibility index (Phi) is 6.95. The van der Waals surface area contributed by atoms with Gasteiger partial charge in [0.25, 0.3) is 0 Å². The maximum Gasteiger partial charge on any atom is 0.330 e. The summed E-state index contributed by atoms with van der Waals surface area (Å²) in [6.45, 7) is 9.11. The van der Waals surface area contributed by atoms with Gasteiger partial charge in [0.1, 0.15) is 11.5 Å². The lowest BCUT2D eigenvalue weighted by Crippen LogP contribution is -2.29. The molecule has 4 aromatic rings. The van der Waals surface area contributed by atoms with Gasteiger partial charge in [-0.15, -0.1) is 0 Å². The molecule has 1 aliphatic rings. The third kappa shape index (κ3) is 5.52. The summed E-state index contributed by atoms with van der Waals surface area (Å²) in [6, 6.07) is 22.3. The number of fused-ring (bicyclic) bond motifs is 1. The van der Waals surface area contributed by atoms with Crippen LogP contribution in [0.4, 0.5) is 0 Å². The highest BCUT2D eigenvalue weighted by Gasteiger charge is 2.25. The van der Waals surface area contributed by atoms with Crippen molar-refractivity contribution in [2.24, 2.45) is 12.5 Å². The van der Waals surface area contributed by atoms with E-state index in [1.54, 1.807) is 16.5 Å². The third-order valence-corrected chi connectivity index (χ3v) is 7.55. The Hall–Kier alpha value is -3.03. The van der Waals surface area contributed by atoms with E-state index in [0.717, 1.165) is 54.3 Å². The minimum atomic E-state index is 0.00471.